The molecule has 0 aromatic heterocycles. The highest BCUT2D eigenvalue weighted by Crippen LogP contribution is 2.41. The summed E-state index contributed by atoms with van der Waals surface area (Å²) >= 11 is 0. The van der Waals surface area contributed by atoms with Gasteiger partial charge < -0.3 is 10.2 Å². The summed E-state index contributed by atoms with van der Waals surface area (Å²) < 4.78 is 28.4. The number of hydrogen-bond acceptors (Lipinski definition) is 4. The third-order valence-corrected chi connectivity index (χ3v) is 7.92. The van der Waals surface area contributed by atoms with Crippen LogP contribution < -0.4 is 14.9 Å². The van der Waals surface area contributed by atoms with Gasteiger partial charge in [0.1, 0.15) is 0 Å². The molecule has 1 saturated carbocycles. The summed E-state index contributed by atoms with van der Waals surface area (Å²) in [6.07, 6.45) is 4.35. The molecule has 1 fully saturated rings. The molecule has 2 aromatic carbocycles. The van der Waals surface area contributed by atoms with Crippen molar-refractivity contribution in [1.29, 1.82) is 0 Å². The van der Waals surface area contributed by atoms with E-state index in [-0.39, 0.29) is 29.3 Å². The van der Waals surface area contributed by atoms with Crippen LogP contribution in [-0.4, -0.2) is 33.3 Å². The van der Waals surface area contributed by atoms with E-state index < -0.39 is 15.4 Å². The van der Waals surface area contributed by atoms with Crippen LogP contribution in [0.25, 0.3) is 0 Å². The maximum atomic E-state index is 12.9. The molecule has 2 aliphatic rings. The van der Waals surface area contributed by atoms with E-state index in [0.717, 1.165) is 36.9 Å². The van der Waals surface area contributed by atoms with Crippen molar-refractivity contribution < 1.29 is 18.0 Å². The van der Waals surface area contributed by atoms with Gasteiger partial charge in [0.05, 0.1) is 10.3 Å². The highest BCUT2D eigenvalue weighted by molar-refractivity contribution is 7.89. The molecule has 1 heterocycles. The third kappa shape index (κ3) is 4.17. The summed E-state index contributed by atoms with van der Waals surface area (Å²) in [6.45, 7) is 3.70. The Labute approximate surface area is 189 Å². The Morgan fingerprint density at radius 1 is 1.09 bits per heavy atom. The van der Waals surface area contributed by atoms with Gasteiger partial charge in [0.2, 0.25) is 15.9 Å². The van der Waals surface area contributed by atoms with Crippen LogP contribution in [0.2, 0.25) is 0 Å². The van der Waals surface area contributed by atoms with Crippen molar-refractivity contribution in [2.24, 2.45) is 0 Å². The molecule has 0 saturated heterocycles. The Bertz CT molecular complexity index is 1150. The first-order chi connectivity index (χ1) is 15.1. The van der Waals surface area contributed by atoms with Crippen molar-refractivity contribution in [1.82, 2.24) is 10.0 Å². The van der Waals surface area contributed by atoms with Crippen LogP contribution in [0.1, 0.15) is 61.0 Å². The van der Waals surface area contributed by atoms with E-state index in [4.69, 9.17) is 0 Å². The molecule has 0 unspecified atom stereocenters. The molecule has 2 aromatic rings. The number of anilines is 1. The third-order valence-electron chi connectivity index (χ3n) is 6.53. The molecule has 0 radical (unpaired) electrons. The molecule has 170 valence electrons. The smallest absolute Gasteiger partial charge is 0.251 e. The van der Waals surface area contributed by atoms with Gasteiger partial charge in [0.15, 0.2) is 0 Å². The Morgan fingerprint density at radius 2 is 1.75 bits per heavy atom. The molecule has 0 bridgehead atoms. The zero-order valence-corrected chi connectivity index (χ0v) is 19.5. The quantitative estimate of drug-likeness (QED) is 0.700. The van der Waals surface area contributed by atoms with Crippen molar-refractivity contribution >= 4 is 27.5 Å². The topological polar surface area (TPSA) is 95.6 Å². The number of carbonyl (C=O) groups excluding carboxylic acids is 2. The van der Waals surface area contributed by atoms with Crippen LogP contribution in [-0.2, 0) is 26.8 Å². The van der Waals surface area contributed by atoms with Gasteiger partial charge in [-0.25, -0.2) is 13.1 Å². The molecule has 4 rings (SSSR count). The molecular weight excluding hydrogens is 426 g/mol. The molecule has 32 heavy (non-hydrogen) atoms. The van der Waals surface area contributed by atoms with Gasteiger partial charge >= 0.3 is 0 Å². The number of sulfonamides is 1. The van der Waals surface area contributed by atoms with Gasteiger partial charge in [0.25, 0.3) is 5.91 Å². The molecule has 0 spiro atoms. The fourth-order valence-corrected chi connectivity index (χ4v) is 5.54. The average Bonchev–Trinajstić information content (AvgIpc) is 3.34. The highest BCUT2D eigenvalue weighted by atomic mass is 32.2. The first-order valence-electron chi connectivity index (χ1n) is 10.9. The lowest BCUT2D eigenvalue weighted by molar-refractivity contribution is -0.121. The molecule has 1 aliphatic heterocycles. The standard InChI is InChI=1S/C24H29N3O4S/c1-24(2)20-14-19(12-13-21(20)27(3)23(24)29)32(30,31)25-15-16-8-10-17(11-9-16)22(28)26-18-6-4-5-7-18/h8-14,18,25H,4-7,15H2,1-3H3,(H,26,28). The maximum absolute atomic E-state index is 12.9. The Balaban J connectivity index is 1.43. The van der Waals surface area contributed by atoms with Crippen LogP contribution in [0, 0.1) is 0 Å². The molecule has 8 heteroatoms. The first kappa shape index (κ1) is 22.5. The number of likely N-dealkylation sites (N-methyl/N-ethyl adjacent to an activating group) is 1. The molecule has 1 aliphatic carbocycles. The summed E-state index contributed by atoms with van der Waals surface area (Å²) in [5, 5.41) is 3.05. The number of benzene rings is 2. The summed E-state index contributed by atoms with van der Waals surface area (Å²) in [5.74, 6) is -0.156. The van der Waals surface area contributed by atoms with Crippen LogP contribution in [0.4, 0.5) is 5.69 Å². The zero-order chi connectivity index (χ0) is 23.1. The lowest BCUT2D eigenvalue weighted by atomic mass is 9.86. The van der Waals surface area contributed by atoms with Crippen molar-refractivity contribution in [2.75, 3.05) is 11.9 Å². The molecule has 0 atom stereocenters. The van der Waals surface area contributed by atoms with Gasteiger partial charge in [-0.1, -0.05) is 25.0 Å². The normalized spacial score (nSPS) is 18.1. The molecule has 2 N–H and O–H groups in total. The number of fused-ring (bicyclic) bond motifs is 1. The lowest BCUT2D eigenvalue weighted by Gasteiger charge is -2.17. The van der Waals surface area contributed by atoms with Crippen LogP contribution in [0.3, 0.4) is 0 Å². The number of nitrogens with one attached hydrogen (secondary N) is 2. The van der Waals surface area contributed by atoms with E-state index in [9.17, 15) is 18.0 Å². The largest absolute Gasteiger partial charge is 0.349 e. The Hall–Kier alpha value is -2.71. The van der Waals surface area contributed by atoms with Gasteiger partial charge in [0, 0.05) is 30.9 Å². The summed E-state index contributed by atoms with van der Waals surface area (Å²) in [6, 6.07) is 12.0. The average molecular weight is 456 g/mol. The number of nitrogens with zero attached hydrogens (tertiary/aromatic N) is 1. The second-order valence-electron chi connectivity index (χ2n) is 9.14. The van der Waals surface area contributed by atoms with E-state index in [2.05, 4.69) is 10.0 Å². The van der Waals surface area contributed by atoms with E-state index in [0.29, 0.717) is 11.1 Å². The van der Waals surface area contributed by atoms with E-state index in [1.165, 1.54) is 6.07 Å². The summed E-state index contributed by atoms with van der Waals surface area (Å²) in [5.41, 5.74) is 1.97. The van der Waals surface area contributed by atoms with Gasteiger partial charge in [-0.05, 0) is 68.1 Å². The number of carbonyl (C=O) groups is 2. The minimum Gasteiger partial charge on any atom is -0.349 e. The Kier molecular flexibility index (Phi) is 5.85. The van der Waals surface area contributed by atoms with Crippen molar-refractivity contribution in [3.8, 4) is 0 Å². The number of rotatable bonds is 6. The molecular formula is C24H29N3O4S. The van der Waals surface area contributed by atoms with Gasteiger partial charge in [-0.2, -0.15) is 0 Å². The lowest BCUT2D eigenvalue weighted by Crippen LogP contribution is -2.33. The summed E-state index contributed by atoms with van der Waals surface area (Å²) in [7, 11) is -2.07. The minimum atomic E-state index is -3.77. The van der Waals surface area contributed by atoms with Crippen LogP contribution >= 0.6 is 0 Å². The number of hydrogen-bond donors (Lipinski definition) is 2. The van der Waals surface area contributed by atoms with Crippen molar-refractivity contribution in [3.05, 3.63) is 59.2 Å². The van der Waals surface area contributed by atoms with E-state index >= 15 is 0 Å². The highest BCUT2D eigenvalue weighted by Gasteiger charge is 2.42. The maximum Gasteiger partial charge on any atom is 0.251 e. The van der Waals surface area contributed by atoms with Crippen molar-refractivity contribution in [2.45, 2.75) is 62.4 Å². The zero-order valence-electron chi connectivity index (χ0n) is 18.6. The number of amides is 2. The minimum absolute atomic E-state index is 0.0629. The Morgan fingerprint density at radius 3 is 2.41 bits per heavy atom. The second-order valence-corrected chi connectivity index (χ2v) is 10.9. The molecule has 2 amide bonds. The molecule has 7 nitrogen and oxygen atoms in total. The van der Waals surface area contributed by atoms with Crippen molar-refractivity contribution in [3.63, 3.8) is 0 Å². The predicted octanol–water partition coefficient (Wildman–Crippen LogP) is 3.09. The van der Waals surface area contributed by atoms with Crippen LogP contribution in [0.5, 0.6) is 0 Å². The van der Waals surface area contributed by atoms with Crippen LogP contribution in [0.15, 0.2) is 47.4 Å². The summed E-state index contributed by atoms with van der Waals surface area (Å²) in [4.78, 5) is 26.5. The monoisotopic (exact) mass is 455 g/mol. The van der Waals surface area contributed by atoms with E-state index in [1.807, 2.05) is 0 Å². The van der Waals surface area contributed by atoms with E-state index in [1.54, 1.807) is 62.2 Å². The van der Waals surface area contributed by atoms with Gasteiger partial charge in [-0.15, -0.1) is 0 Å². The SMILES string of the molecule is CN1C(=O)C(C)(C)c2cc(S(=O)(=O)NCc3ccc(C(=O)NC4CCCC4)cc3)ccc21. The fraction of sp³-hybridized carbons (Fsp3) is 0.417. The fourth-order valence-electron chi connectivity index (χ4n) is 4.49. The first-order valence-corrected chi connectivity index (χ1v) is 12.4. The van der Waals surface area contributed by atoms with Gasteiger partial charge in [-0.3, -0.25) is 9.59 Å². The second kappa shape index (κ2) is 8.33. The predicted molar refractivity (Wildman–Crippen MR) is 123 cm³/mol.